The molecule has 0 aromatic heterocycles. The molecule has 1 aromatic rings. The Hall–Kier alpha value is -1.21. The van der Waals surface area contributed by atoms with Crippen LogP contribution in [0.1, 0.15) is 5.56 Å². The van der Waals surface area contributed by atoms with E-state index in [1.165, 1.54) is 6.07 Å². The minimum atomic E-state index is -1.84. The van der Waals surface area contributed by atoms with Gasteiger partial charge in [0.25, 0.3) is 0 Å². The molecule has 74 valence electrons. The van der Waals surface area contributed by atoms with Crippen molar-refractivity contribution in [1.82, 2.24) is 0 Å². The first-order valence-electron chi connectivity index (χ1n) is 4.26. The minimum absolute atomic E-state index is 0.468. The average molecular weight is 211 g/mol. The van der Waals surface area contributed by atoms with Gasteiger partial charge in [0.05, 0.1) is 8.07 Å². The second-order valence-electron chi connectivity index (χ2n) is 4.15. The van der Waals surface area contributed by atoms with Gasteiger partial charge in [-0.25, -0.2) is 8.78 Å². The third-order valence-electron chi connectivity index (χ3n) is 2.01. The molecule has 0 saturated carbocycles. The summed E-state index contributed by atoms with van der Waals surface area (Å²) >= 11 is 0. The molecule has 0 aliphatic rings. The highest BCUT2D eigenvalue weighted by molar-refractivity contribution is 6.88. The maximum Gasteiger partial charge on any atom is 0.143 e. The van der Waals surface area contributed by atoms with Crippen molar-refractivity contribution >= 4 is 13.3 Å². The molecule has 14 heavy (non-hydrogen) atoms. The van der Waals surface area contributed by atoms with E-state index in [1.807, 2.05) is 19.6 Å². The maximum absolute atomic E-state index is 13.6. The van der Waals surface area contributed by atoms with Crippen LogP contribution in [0.25, 0.3) is 0 Å². The van der Waals surface area contributed by atoms with E-state index in [0.717, 1.165) is 6.07 Å². The first kappa shape index (κ1) is 10.9. The molecule has 0 amide bonds. The molecule has 1 aromatic carbocycles. The Morgan fingerprint density at radius 2 is 1.79 bits per heavy atom. The summed E-state index contributed by atoms with van der Waals surface area (Å²) in [6.07, 6.45) is 0. The predicted octanol–water partition coefficient (Wildman–Crippen LogP) is 2.38. The van der Waals surface area contributed by atoms with Gasteiger partial charge >= 0.3 is 0 Å². The van der Waals surface area contributed by atoms with E-state index in [1.54, 1.807) is 6.07 Å². The maximum atomic E-state index is 13.6. The number of rotatable bonds is 1. The van der Waals surface area contributed by atoms with Crippen LogP contribution in [-0.4, -0.2) is 8.07 Å². The molecule has 0 heterocycles. The van der Waals surface area contributed by atoms with Crippen LogP contribution in [-0.2, 0) is 0 Å². The molecule has 0 fully saturated rings. The first-order valence-corrected chi connectivity index (χ1v) is 7.76. The van der Waals surface area contributed by atoms with Gasteiger partial charge in [-0.05, 0) is 11.3 Å². The second kappa shape index (κ2) is 3.50. The molecule has 4 heteroatoms. The zero-order chi connectivity index (χ0) is 10.9. The van der Waals surface area contributed by atoms with Gasteiger partial charge in [-0.15, -0.1) is 0 Å². The van der Waals surface area contributed by atoms with E-state index >= 15 is 0 Å². The van der Waals surface area contributed by atoms with Crippen molar-refractivity contribution in [2.75, 3.05) is 0 Å². The van der Waals surface area contributed by atoms with Crippen LogP contribution in [0.15, 0.2) is 12.1 Å². The van der Waals surface area contributed by atoms with Crippen molar-refractivity contribution in [2.45, 2.75) is 19.6 Å². The van der Waals surface area contributed by atoms with Crippen LogP contribution in [0.5, 0.6) is 0 Å². The lowest BCUT2D eigenvalue weighted by atomic mass is 10.2. The van der Waals surface area contributed by atoms with E-state index in [9.17, 15) is 8.78 Å². The second-order valence-corrected chi connectivity index (χ2v) is 9.18. The lowest BCUT2D eigenvalue weighted by molar-refractivity contribution is 0.581. The minimum Gasteiger partial charge on any atom is -0.206 e. The summed E-state index contributed by atoms with van der Waals surface area (Å²) in [5.41, 5.74) is -0.468. The van der Waals surface area contributed by atoms with E-state index in [0.29, 0.717) is 5.19 Å². The van der Waals surface area contributed by atoms with Crippen molar-refractivity contribution in [2.24, 2.45) is 0 Å². The Balaban J connectivity index is 3.46. The molecule has 0 spiro atoms. The van der Waals surface area contributed by atoms with Gasteiger partial charge in [0.15, 0.2) is 0 Å². The summed E-state index contributed by atoms with van der Waals surface area (Å²) < 4.78 is 26.6. The fourth-order valence-electron chi connectivity index (χ4n) is 1.23. The molecule has 0 N–H and O–H groups in total. The Morgan fingerprint density at radius 1 is 1.21 bits per heavy atom. The summed E-state index contributed by atoms with van der Waals surface area (Å²) in [4.78, 5) is 0. The molecule has 0 bridgehead atoms. The van der Waals surface area contributed by atoms with Gasteiger partial charge in [0, 0.05) is 0 Å². The highest BCUT2D eigenvalue weighted by Crippen LogP contribution is 2.13. The Labute approximate surface area is 83.0 Å². The largest absolute Gasteiger partial charge is 0.206 e. The van der Waals surface area contributed by atoms with Crippen molar-refractivity contribution in [3.05, 3.63) is 29.3 Å². The molecule has 0 aliphatic heterocycles. The van der Waals surface area contributed by atoms with Crippen LogP contribution >= 0.6 is 0 Å². The van der Waals surface area contributed by atoms with Gasteiger partial charge in [0.1, 0.15) is 23.3 Å². The standard InChI is InChI=1S/C10H11F2NSi/c1-14(2,3)9-5-4-8(11)7(6-13)10(9)12/h4-5H,1-3H3. The van der Waals surface area contributed by atoms with E-state index in [2.05, 4.69) is 0 Å². The Bertz CT molecular complexity index is 402. The Kier molecular flexibility index (Phi) is 2.72. The van der Waals surface area contributed by atoms with E-state index < -0.39 is 25.3 Å². The quantitative estimate of drug-likeness (QED) is 0.654. The first-order chi connectivity index (χ1) is 6.38. The summed E-state index contributed by atoms with van der Waals surface area (Å²) in [7, 11) is -1.84. The lowest BCUT2D eigenvalue weighted by Crippen LogP contribution is -2.40. The molecule has 0 radical (unpaired) electrons. The summed E-state index contributed by atoms with van der Waals surface area (Å²) in [6.45, 7) is 5.85. The number of benzene rings is 1. The molecule has 0 unspecified atom stereocenters. The molecular formula is C10H11F2NSi. The van der Waals surface area contributed by atoms with Crippen molar-refractivity contribution in [3.63, 3.8) is 0 Å². The van der Waals surface area contributed by atoms with Gasteiger partial charge in [0.2, 0.25) is 0 Å². The summed E-state index contributed by atoms with van der Waals surface area (Å²) in [5.74, 6) is -1.47. The molecule has 0 atom stereocenters. The average Bonchev–Trinajstić information content (AvgIpc) is 2.02. The van der Waals surface area contributed by atoms with Gasteiger partial charge in [-0.2, -0.15) is 5.26 Å². The number of halogens is 2. The third-order valence-corrected chi connectivity index (χ3v) is 4.01. The number of hydrogen-bond acceptors (Lipinski definition) is 1. The fourth-order valence-corrected chi connectivity index (χ4v) is 2.60. The highest BCUT2D eigenvalue weighted by atomic mass is 28.3. The molecule has 1 rings (SSSR count). The van der Waals surface area contributed by atoms with E-state index in [4.69, 9.17) is 5.26 Å². The van der Waals surface area contributed by atoms with Crippen LogP contribution in [0.4, 0.5) is 8.78 Å². The van der Waals surface area contributed by atoms with Crippen molar-refractivity contribution < 1.29 is 8.78 Å². The number of nitrogens with zero attached hydrogens (tertiary/aromatic N) is 1. The zero-order valence-corrected chi connectivity index (χ0v) is 9.36. The fraction of sp³-hybridized carbons (Fsp3) is 0.300. The molecular weight excluding hydrogens is 200 g/mol. The number of hydrogen-bond donors (Lipinski definition) is 0. The lowest BCUT2D eigenvalue weighted by Gasteiger charge is -2.17. The van der Waals surface area contributed by atoms with Crippen LogP contribution < -0.4 is 5.19 Å². The summed E-state index contributed by atoms with van der Waals surface area (Å²) in [5, 5.41) is 9.07. The predicted molar refractivity (Wildman–Crippen MR) is 54.1 cm³/mol. The smallest absolute Gasteiger partial charge is 0.143 e. The highest BCUT2D eigenvalue weighted by Gasteiger charge is 2.24. The van der Waals surface area contributed by atoms with Gasteiger partial charge in [-0.3, -0.25) is 0 Å². The van der Waals surface area contributed by atoms with Crippen LogP contribution in [0.3, 0.4) is 0 Å². The van der Waals surface area contributed by atoms with Crippen LogP contribution in [0, 0.1) is 23.0 Å². The summed E-state index contributed by atoms with van der Waals surface area (Å²) in [6, 6.07) is 4.15. The molecule has 1 nitrogen and oxygen atoms in total. The van der Waals surface area contributed by atoms with Gasteiger partial charge in [-0.1, -0.05) is 25.7 Å². The molecule has 0 aliphatic carbocycles. The van der Waals surface area contributed by atoms with Gasteiger partial charge < -0.3 is 0 Å². The van der Waals surface area contributed by atoms with Crippen LogP contribution in [0.2, 0.25) is 19.6 Å². The SMILES string of the molecule is C[Si](C)(C)c1ccc(F)c(C#N)c1F. The van der Waals surface area contributed by atoms with Crippen molar-refractivity contribution in [3.8, 4) is 6.07 Å². The number of nitriles is 1. The molecule has 0 saturated heterocycles. The normalized spacial score (nSPS) is 11.1. The van der Waals surface area contributed by atoms with E-state index in [-0.39, 0.29) is 0 Å². The third kappa shape index (κ3) is 1.83. The monoisotopic (exact) mass is 211 g/mol. The Morgan fingerprint density at radius 3 is 2.21 bits per heavy atom. The van der Waals surface area contributed by atoms with Crippen molar-refractivity contribution in [1.29, 1.82) is 5.26 Å². The topological polar surface area (TPSA) is 23.8 Å². The zero-order valence-electron chi connectivity index (χ0n) is 8.36.